The zero-order valence-electron chi connectivity index (χ0n) is 10.5. The van der Waals surface area contributed by atoms with E-state index in [9.17, 15) is 4.79 Å². The van der Waals surface area contributed by atoms with Crippen LogP contribution in [0.3, 0.4) is 0 Å². The van der Waals surface area contributed by atoms with E-state index in [2.05, 4.69) is 10.2 Å². The van der Waals surface area contributed by atoms with Gasteiger partial charge in [0.25, 0.3) is 0 Å². The summed E-state index contributed by atoms with van der Waals surface area (Å²) < 4.78 is 0. The average molecular weight is 252 g/mol. The minimum atomic E-state index is 0.109. The second-order valence-corrected chi connectivity index (χ2v) is 5.16. The van der Waals surface area contributed by atoms with Gasteiger partial charge < -0.3 is 10.2 Å². The molecule has 0 aliphatic heterocycles. The van der Waals surface area contributed by atoms with Crippen molar-refractivity contribution < 1.29 is 4.79 Å². The highest BCUT2D eigenvalue weighted by Crippen LogP contribution is 2.15. The van der Waals surface area contributed by atoms with Crippen LogP contribution in [0.15, 0.2) is 35.2 Å². The summed E-state index contributed by atoms with van der Waals surface area (Å²) in [5.41, 5.74) is 0. The van der Waals surface area contributed by atoms with E-state index in [4.69, 9.17) is 0 Å². The monoisotopic (exact) mass is 252 g/mol. The predicted octanol–water partition coefficient (Wildman–Crippen LogP) is 1.85. The van der Waals surface area contributed by atoms with Crippen molar-refractivity contribution >= 4 is 17.7 Å². The first kappa shape index (κ1) is 14.1. The molecule has 1 aromatic rings. The Kier molecular flexibility index (Phi) is 6.74. The third-order valence-electron chi connectivity index (χ3n) is 2.22. The average Bonchev–Trinajstić information content (AvgIpc) is 2.33. The van der Waals surface area contributed by atoms with Crippen LogP contribution >= 0.6 is 11.8 Å². The largest absolute Gasteiger partial charge is 0.355 e. The number of rotatable bonds is 7. The number of carbonyl (C=O) groups is 1. The van der Waals surface area contributed by atoms with Gasteiger partial charge in [-0.05, 0) is 39.2 Å². The summed E-state index contributed by atoms with van der Waals surface area (Å²) in [7, 11) is 4.07. The standard InChI is InChI=1S/C13H20N2OS/c1-15(2)10-6-9-14-13(16)11-17-12-7-4-3-5-8-12/h3-5,7-8H,6,9-11H2,1-2H3,(H,14,16). The molecule has 17 heavy (non-hydrogen) atoms. The van der Waals surface area contributed by atoms with E-state index in [-0.39, 0.29) is 5.91 Å². The molecule has 0 saturated heterocycles. The maximum atomic E-state index is 11.5. The topological polar surface area (TPSA) is 32.3 Å². The van der Waals surface area contributed by atoms with Gasteiger partial charge in [-0.3, -0.25) is 4.79 Å². The van der Waals surface area contributed by atoms with Gasteiger partial charge in [-0.25, -0.2) is 0 Å². The third-order valence-corrected chi connectivity index (χ3v) is 3.23. The summed E-state index contributed by atoms with van der Waals surface area (Å²) in [6.45, 7) is 1.76. The Morgan fingerprint density at radius 1 is 1.29 bits per heavy atom. The Morgan fingerprint density at radius 2 is 2.00 bits per heavy atom. The van der Waals surface area contributed by atoms with Crippen LogP contribution in [-0.4, -0.2) is 43.7 Å². The number of hydrogen-bond donors (Lipinski definition) is 1. The minimum Gasteiger partial charge on any atom is -0.355 e. The lowest BCUT2D eigenvalue weighted by Crippen LogP contribution is -2.28. The van der Waals surface area contributed by atoms with Gasteiger partial charge in [-0.15, -0.1) is 11.8 Å². The molecule has 0 bridgehead atoms. The summed E-state index contributed by atoms with van der Waals surface area (Å²) in [5.74, 6) is 0.601. The van der Waals surface area contributed by atoms with E-state index in [0.717, 1.165) is 24.4 Å². The third kappa shape index (κ3) is 7.02. The van der Waals surface area contributed by atoms with E-state index in [1.807, 2.05) is 44.4 Å². The summed E-state index contributed by atoms with van der Waals surface area (Å²) in [6, 6.07) is 9.98. The van der Waals surface area contributed by atoms with Gasteiger partial charge in [0, 0.05) is 11.4 Å². The van der Waals surface area contributed by atoms with Crippen LogP contribution in [0.4, 0.5) is 0 Å². The van der Waals surface area contributed by atoms with Crippen molar-refractivity contribution in [1.82, 2.24) is 10.2 Å². The van der Waals surface area contributed by atoms with Crippen molar-refractivity contribution in [2.45, 2.75) is 11.3 Å². The van der Waals surface area contributed by atoms with Crippen LogP contribution in [0.5, 0.6) is 0 Å². The summed E-state index contributed by atoms with van der Waals surface area (Å²) in [4.78, 5) is 14.8. The zero-order valence-corrected chi connectivity index (χ0v) is 11.3. The number of thioether (sulfide) groups is 1. The highest BCUT2D eigenvalue weighted by molar-refractivity contribution is 8.00. The predicted molar refractivity (Wildman–Crippen MR) is 73.3 cm³/mol. The van der Waals surface area contributed by atoms with Crippen molar-refractivity contribution in [3.63, 3.8) is 0 Å². The molecular formula is C13H20N2OS. The minimum absolute atomic E-state index is 0.109. The number of nitrogens with zero attached hydrogens (tertiary/aromatic N) is 1. The van der Waals surface area contributed by atoms with Gasteiger partial charge in [0.05, 0.1) is 5.75 Å². The fourth-order valence-electron chi connectivity index (χ4n) is 1.34. The Morgan fingerprint density at radius 3 is 2.65 bits per heavy atom. The number of carbonyl (C=O) groups excluding carboxylic acids is 1. The lowest BCUT2D eigenvalue weighted by atomic mass is 10.4. The smallest absolute Gasteiger partial charge is 0.230 e. The van der Waals surface area contributed by atoms with Gasteiger partial charge in [-0.1, -0.05) is 18.2 Å². The van der Waals surface area contributed by atoms with E-state index in [0.29, 0.717) is 5.75 Å². The van der Waals surface area contributed by atoms with Crippen LogP contribution in [0.25, 0.3) is 0 Å². The molecule has 94 valence electrons. The molecule has 1 N–H and O–H groups in total. The van der Waals surface area contributed by atoms with Crippen molar-refractivity contribution in [2.24, 2.45) is 0 Å². The first-order valence-electron chi connectivity index (χ1n) is 5.78. The zero-order chi connectivity index (χ0) is 12.5. The first-order chi connectivity index (χ1) is 8.18. The van der Waals surface area contributed by atoms with Crippen LogP contribution in [0.2, 0.25) is 0 Å². The quantitative estimate of drug-likeness (QED) is 0.594. The fourth-order valence-corrected chi connectivity index (χ4v) is 2.09. The maximum Gasteiger partial charge on any atom is 0.230 e. The van der Waals surface area contributed by atoms with Crippen LogP contribution in [0.1, 0.15) is 6.42 Å². The summed E-state index contributed by atoms with van der Waals surface area (Å²) in [6.07, 6.45) is 0.995. The second-order valence-electron chi connectivity index (χ2n) is 4.11. The molecular weight excluding hydrogens is 232 g/mol. The highest BCUT2D eigenvalue weighted by atomic mass is 32.2. The van der Waals surface area contributed by atoms with Crippen molar-refractivity contribution in [3.05, 3.63) is 30.3 Å². The fraction of sp³-hybridized carbons (Fsp3) is 0.462. The number of benzene rings is 1. The number of nitrogens with one attached hydrogen (secondary N) is 1. The molecule has 0 saturated carbocycles. The number of hydrogen-bond acceptors (Lipinski definition) is 3. The normalized spacial score (nSPS) is 10.5. The molecule has 0 radical (unpaired) electrons. The molecule has 4 heteroatoms. The van der Waals surface area contributed by atoms with Crippen LogP contribution < -0.4 is 5.32 Å². The maximum absolute atomic E-state index is 11.5. The Hall–Kier alpha value is -1.00. The van der Waals surface area contributed by atoms with Crippen molar-refractivity contribution in [3.8, 4) is 0 Å². The highest BCUT2D eigenvalue weighted by Gasteiger charge is 2.01. The van der Waals surface area contributed by atoms with Gasteiger partial charge in [0.2, 0.25) is 5.91 Å². The lowest BCUT2D eigenvalue weighted by Gasteiger charge is -2.09. The molecule has 0 aliphatic rings. The molecule has 0 atom stereocenters. The molecule has 1 amide bonds. The van der Waals surface area contributed by atoms with E-state index in [1.165, 1.54) is 0 Å². The molecule has 1 rings (SSSR count). The molecule has 3 nitrogen and oxygen atoms in total. The summed E-state index contributed by atoms with van der Waals surface area (Å²) >= 11 is 1.57. The van der Waals surface area contributed by atoms with Gasteiger partial charge in [0.1, 0.15) is 0 Å². The molecule has 0 unspecified atom stereocenters. The van der Waals surface area contributed by atoms with Crippen molar-refractivity contribution in [1.29, 1.82) is 0 Å². The van der Waals surface area contributed by atoms with Gasteiger partial charge in [0.15, 0.2) is 0 Å². The second kappa shape index (κ2) is 8.14. The molecule has 0 heterocycles. The van der Waals surface area contributed by atoms with E-state index in [1.54, 1.807) is 11.8 Å². The SMILES string of the molecule is CN(C)CCCNC(=O)CSc1ccccc1. The Labute approximate surface area is 108 Å². The van der Waals surface area contributed by atoms with Crippen LogP contribution in [-0.2, 0) is 4.79 Å². The molecule has 0 aliphatic carbocycles. The molecule has 1 aromatic carbocycles. The van der Waals surface area contributed by atoms with E-state index >= 15 is 0 Å². The molecule has 0 spiro atoms. The first-order valence-corrected chi connectivity index (χ1v) is 6.76. The van der Waals surface area contributed by atoms with Gasteiger partial charge >= 0.3 is 0 Å². The Balaban J connectivity index is 2.09. The molecule has 0 fully saturated rings. The Bertz CT molecular complexity index is 327. The van der Waals surface area contributed by atoms with E-state index < -0.39 is 0 Å². The van der Waals surface area contributed by atoms with Gasteiger partial charge in [-0.2, -0.15) is 0 Å². The van der Waals surface area contributed by atoms with Crippen molar-refractivity contribution in [2.75, 3.05) is 32.9 Å². The number of amides is 1. The van der Waals surface area contributed by atoms with Crippen LogP contribution in [0, 0.1) is 0 Å². The lowest BCUT2D eigenvalue weighted by molar-refractivity contribution is -0.118. The molecule has 0 aromatic heterocycles. The summed E-state index contributed by atoms with van der Waals surface area (Å²) in [5, 5.41) is 2.92.